The third-order valence-corrected chi connectivity index (χ3v) is 3.07. The molecule has 5 heteroatoms. The molecule has 1 heterocycles. The van der Waals surface area contributed by atoms with Gasteiger partial charge in [0, 0.05) is 44.2 Å². The van der Waals surface area contributed by atoms with Gasteiger partial charge in [0.15, 0.2) is 0 Å². The van der Waals surface area contributed by atoms with E-state index in [4.69, 9.17) is 0 Å². The SMILES string of the molecule is CC(=O)CCC(=O)NCCn1ccnc1C1CC1. The van der Waals surface area contributed by atoms with E-state index in [2.05, 4.69) is 14.9 Å². The summed E-state index contributed by atoms with van der Waals surface area (Å²) in [6, 6.07) is 0. The molecule has 0 aliphatic heterocycles. The number of imidazole rings is 1. The first-order valence-electron chi connectivity index (χ1n) is 6.44. The lowest BCUT2D eigenvalue weighted by Crippen LogP contribution is -2.27. The molecule has 0 radical (unpaired) electrons. The Morgan fingerprint density at radius 2 is 2.22 bits per heavy atom. The average Bonchev–Trinajstić information content (AvgIpc) is 3.07. The van der Waals surface area contributed by atoms with Crippen LogP contribution >= 0.6 is 0 Å². The number of nitrogens with one attached hydrogen (secondary N) is 1. The molecule has 0 unspecified atom stereocenters. The maximum Gasteiger partial charge on any atom is 0.220 e. The van der Waals surface area contributed by atoms with E-state index in [9.17, 15) is 9.59 Å². The molecule has 1 aliphatic carbocycles. The largest absolute Gasteiger partial charge is 0.354 e. The highest BCUT2D eigenvalue weighted by Crippen LogP contribution is 2.38. The fourth-order valence-electron chi connectivity index (χ4n) is 1.90. The molecule has 5 nitrogen and oxygen atoms in total. The van der Waals surface area contributed by atoms with E-state index in [1.807, 2.05) is 12.4 Å². The Bertz CT molecular complexity index is 435. The normalized spacial score (nSPS) is 14.5. The number of carbonyl (C=O) groups excluding carboxylic acids is 2. The number of aromatic nitrogens is 2. The van der Waals surface area contributed by atoms with Gasteiger partial charge in [-0.3, -0.25) is 4.79 Å². The van der Waals surface area contributed by atoms with Gasteiger partial charge in [0.1, 0.15) is 11.6 Å². The molecule has 1 N–H and O–H groups in total. The molecule has 0 bridgehead atoms. The van der Waals surface area contributed by atoms with Gasteiger partial charge in [0.25, 0.3) is 0 Å². The van der Waals surface area contributed by atoms with Crippen LogP contribution in [0.4, 0.5) is 0 Å². The zero-order valence-corrected chi connectivity index (χ0v) is 10.7. The van der Waals surface area contributed by atoms with E-state index in [1.165, 1.54) is 19.8 Å². The molecule has 0 atom stereocenters. The van der Waals surface area contributed by atoms with E-state index in [0.717, 1.165) is 12.4 Å². The summed E-state index contributed by atoms with van der Waals surface area (Å²) in [6.07, 6.45) is 6.82. The lowest BCUT2D eigenvalue weighted by Gasteiger charge is -2.08. The maximum atomic E-state index is 11.4. The number of Topliss-reactive ketones (excluding diaryl/α,β-unsaturated/α-hetero) is 1. The van der Waals surface area contributed by atoms with Crippen molar-refractivity contribution in [1.29, 1.82) is 0 Å². The second-order valence-electron chi connectivity index (χ2n) is 4.81. The smallest absolute Gasteiger partial charge is 0.220 e. The van der Waals surface area contributed by atoms with Crippen LogP contribution in [0, 0.1) is 0 Å². The maximum absolute atomic E-state index is 11.4. The van der Waals surface area contributed by atoms with Gasteiger partial charge in [-0.05, 0) is 19.8 Å². The van der Waals surface area contributed by atoms with Gasteiger partial charge < -0.3 is 14.7 Å². The minimum Gasteiger partial charge on any atom is -0.354 e. The van der Waals surface area contributed by atoms with E-state index < -0.39 is 0 Å². The van der Waals surface area contributed by atoms with Gasteiger partial charge in [0.05, 0.1) is 0 Å². The van der Waals surface area contributed by atoms with Gasteiger partial charge in [-0.2, -0.15) is 0 Å². The van der Waals surface area contributed by atoms with Gasteiger partial charge in [-0.1, -0.05) is 0 Å². The van der Waals surface area contributed by atoms with Crippen molar-refractivity contribution >= 4 is 11.7 Å². The Kier molecular flexibility index (Phi) is 4.12. The van der Waals surface area contributed by atoms with Gasteiger partial charge in [-0.15, -0.1) is 0 Å². The number of carbonyl (C=O) groups is 2. The predicted molar refractivity (Wildman–Crippen MR) is 67.1 cm³/mol. The average molecular weight is 249 g/mol. The molecule has 18 heavy (non-hydrogen) atoms. The van der Waals surface area contributed by atoms with Crippen molar-refractivity contribution in [3.05, 3.63) is 18.2 Å². The van der Waals surface area contributed by atoms with Crippen LogP contribution in [0.15, 0.2) is 12.4 Å². The summed E-state index contributed by atoms with van der Waals surface area (Å²) in [6.45, 7) is 2.84. The second kappa shape index (κ2) is 5.80. The third-order valence-electron chi connectivity index (χ3n) is 3.07. The van der Waals surface area contributed by atoms with E-state index in [-0.39, 0.29) is 18.1 Å². The topological polar surface area (TPSA) is 64.0 Å². The Morgan fingerprint density at radius 3 is 2.89 bits per heavy atom. The zero-order chi connectivity index (χ0) is 13.0. The standard InChI is InChI=1S/C13H19N3O2/c1-10(17)2-5-12(18)14-6-8-16-9-7-15-13(16)11-3-4-11/h7,9,11H,2-6,8H2,1H3,(H,14,18). The quantitative estimate of drug-likeness (QED) is 0.791. The number of nitrogens with zero attached hydrogens (tertiary/aromatic N) is 2. The van der Waals surface area contributed by atoms with Crippen LogP contribution in [0.1, 0.15) is 44.3 Å². The highest BCUT2D eigenvalue weighted by Gasteiger charge is 2.27. The van der Waals surface area contributed by atoms with E-state index in [1.54, 1.807) is 0 Å². The second-order valence-corrected chi connectivity index (χ2v) is 4.81. The minimum absolute atomic E-state index is 0.0516. The molecule has 0 saturated heterocycles. The third kappa shape index (κ3) is 3.68. The van der Waals surface area contributed by atoms with Crippen LogP contribution in [-0.4, -0.2) is 27.8 Å². The Labute approximate surface area is 107 Å². The van der Waals surface area contributed by atoms with Crippen LogP contribution in [-0.2, 0) is 16.1 Å². The molecule has 1 saturated carbocycles. The molecule has 1 aliphatic rings. The van der Waals surface area contributed by atoms with Crippen molar-refractivity contribution in [2.75, 3.05) is 6.54 Å². The van der Waals surface area contributed by atoms with Crippen LogP contribution in [0.3, 0.4) is 0 Å². The van der Waals surface area contributed by atoms with Crippen molar-refractivity contribution < 1.29 is 9.59 Å². The molecule has 98 valence electrons. The lowest BCUT2D eigenvalue weighted by atomic mass is 10.2. The number of hydrogen-bond donors (Lipinski definition) is 1. The summed E-state index contributed by atoms with van der Waals surface area (Å²) in [5.41, 5.74) is 0. The lowest BCUT2D eigenvalue weighted by molar-refractivity contribution is -0.124. The van der Waals surface area contributed by atoms with Crippen LogP contribution in [0.25, 0.3) is 0 Å². The first-order chi connectivity index (χ1) is 8.66. The summed E-state index contributed by atoms with van der Waals surface area (Å²) in [5, 5.41) is 2.82. The number of rotatable bonds is 7. The summed E-state index contributed by atoms with van der Waals surface area (Å²) in [4.78, 5) is 26.5. The molecule has 0 aromatic carbocycles. The molecule has 1 aromatic rings. The van der Waals surface area contributed by atoms with Gasteiger partial charge >= 0.3 is 0 Å². The van der Waals surface area contributed by atoms with Crippen molar-refractivity contribution in [3.63, 3.8) is 0 Å². The fourth-order valence-corrected chi connectivity index (χ4v) is 1.90. The summed E-state index contributed by atoms with van der Waals surface area (Å²) in [7, 11) is 0. The first kappa shape index (κ1) is 12.8. The van der Waals surface area contributed by atoms with E-state index >= 15 is 0 Å². The summed E-state index contributed by atoms with van der Waals surface area (Å²) >= 11 is 0. The highest BCUT2D eigenvalue weighted by atomic mass is 16.2. The molecule has 0 spiro atoms. The number of ketones is 1. The Balaban J connectivity index is 1.69. The fraction of sp³-hybridized carbons (Fsp3) is 0.615. The van der Waals surface area contributed by atoms with E-state index in [0.29, 0.717) is 18.9 Å². The molecule has 1 fully saturated rings. The van der Waals surface area contributed by atoms with Crippen molar-refractivity contribution in [1.82, 2.24) is 14.9 Å². The predicted octanol–water partition coefficient (Wildman–Crippen LogP) is 1.25. The molecule has 1 aromatic heterocycles. The summed E-state index contributed by atoms with van der Waals surface area (Å²) in [5.74, 6) is 1.75. The first-order valence-corrected chi connectivity index (χ1v) is 6.44. The van der Waals surface area contributed by atoms with Gasteiger partial charge in [-0.25, -0.2) is 4.98 Å². The molecule has 1 amide bonds. The Hall–Kier alpha value is -1.65. The van der Waals surface area contributed by atoms with Crippen molar-refractivity contribution in [2.45, 2.75) is 45.1 Å². The molecule has 2 rings (SSSR count). The van der Waals surface area contributed by atoms with Gasteiger partial charge in [0.2, 0.25) is 5.91 Å². The van der Waals surface area contributed by atoms with Crippen LogP contribution in [0.2, 0.25) is 0 Å². The number of amides is 1. The van der Waals surface area contributed by atoms with Crippen molar-refractivity contribution in [3.8, 4) is 0 Å². The highest BCUT2D eigenvalue weighted by molar-refractivity contribution is 5.83. The Morgan fingerprint density at radius 1 is 1.44 bits per heavy atom. The minimum atomic E-state index is -0.0571. The summed E-state index contributed by atoms with van der Waals surface area (Å²) < 4.78 is 2.10. The number of hydrogen-bond acceptors (Lipinski definition) is 3. The zero-order valence-electron chi connectivity index (χ0n) is 10.7. The van der Waals surface area contributed by atoms with Crippen LogP contribution < -0.4 is 5.32 Å². The molecular formula is C13H19N3O2. The van der Waals surface area contributed by atoms with Crippen LogP contribution in [0.5, 0.6) is 0 Å². The monoisotopic (exact) mass is 249 g/mol. The van der Waals surface area contributed by atoms with Crippen molar-refractivity contribution in [2.24, 2.45) is 0 Å². The molecular weight excluding hydrogens is 230 g/mol.